The Morgan fingerprint density at radius 3 is 2.62 bits per heavy atom. The zero-order chi connectivity index (χ0) is 14.2. The molecule has 1 fully saturated rings. The quantitative estimate of drug-likeness (QED) is 0.712. The van der Waals surface area contributed by atoms with Gasteiger partial charge in [-0.05, 0) is 56.6 Å². The summed E-state index contributed by atoms with van der Waals surface area (Å²) < 4.78 is 0. The summed E-state index contributed by atoms with van der Waals surface area (Å²) in [5, 5.41) is 3.67. The topological polar surface area (TPSA) is 15.3 Å². The molecular formula is C18H20N2S. The molecule has 2 nitrogen and oxygen atoms in total. The van der Waals surface area contributed by atoms with E-state index in [2.05, 4.69) is 59.6 Å². The third kappa shape index (κ3) is 2.34. The molecule has 2 aliphatic rings. The maximum Gasteiger partial charge on any atom is 0.0574 e. The zero-order valence-electron chi connectivity index (χ0n) is 12.3. The van der Waals surface area contributed by atoms with Gasteiger partial charge in [0.15, 0.2) is 0 Å². The van der Waals surface area contributed by atoms with Crippen LogP contribution in [-0.4, -0.2) is 18.0 Å². The van der Waals surface area contributed by atoms with Gasteiger partial charge in [-0.3, -0.25) is 4.90 Å². The fraction of sp³-hybridized carbons (Fsp3) is 0.333. The minimum atomic E-state index is 0.487. The Labute approximate surface area is 130 Å². The maximum atomic E-state index is 3.67. The number of benzene rings is 2. The summed E-state index contributed by atoms with van der Waals surface area (Å²) >= 11 is 1.88. The molecule has 4 rings (SSSR count). The van der Waals surface area contributed by atoms with E-state index in [-0.39, 0.29) is 0 Å². The molecule has 3 heteroatoms. The van der Waals surface area contributed by atoms with Crippen LogP contribution in [0.5, 0.6) is 0 Å². The van der Waals surface area contributed by atoms with Crippen molar-refractivity contribution < 1.29 is 0 Å². The number of nitrogens with one attached hydrogen (secondary N) is 1. The van der Waals surface area contributed by atoms with Gasteiger partial charge >= 0.3 is 0 Å². The number of para-hydroxylation sites is 2. The maximum absolute atomic E-state index is 3.67. The standard InChI is InChI=1S/C18H20N2S/c1-13(20-11-4-5-12-20)14-7-6-10-17-18(14)19-15-8-2-3-9-16(15)21-17/h2-3,6-10,13,19H,4-5,11-12H2,1H3. The van der Waals surface area contributed by atoms with Crippen molar-refractivity contribution in [3.8, 4) is 0 Å². The molecule has 108 valence electrons. The van der Waals surface area contributed by atoms with Gasteiger partial charge in [-0.25, -0.2) is 0 Å². The SMILES string of the molecule is CC(c1cccc2c1Nc1ccccc1S2)N1CCCC1. The molecule has 0 amide bonds. The first-order valence-electron chi connectivity index (χ1n) is 7.74. The van der Waals surface area contributed by atoms with Crippen LogP contribution in [0, 0.1) is 0 Å². The Morgan fingerprint density at radius 2 is 1.76 bits per heavy atom. The lowest BCUT2D eigenvalue weighted by Crippen LogP contribution is -2.24. The van der Waals surface area contributed by atoms with E-state index in [1.807, 2.05) is 11.8 Å². The Kier molecular flexibility index (Phi) is 3.40. The number of likely N-dealkylation sites (tertiary alicyclic amines) is 1. The first-order valence-corrected chi connectivity index (χ1v) is 8.55. The average molecular weight is 296 g/mol. The number of fused-ring (bicyclic) bond motifs is 2. The first-order chi connectivity index (χ1) is 10.3. The molecule has 0 aromatic heterocycles. The van der Waals surface area contributed by atoms with Crippen molar-refractivity contribution in [1.29, 1.82) is 0 Å². The summed E-state index contributed by atoms with van der Waals surface area (Å²) in [5.41, 5.74) is 3.97. The number of hydrogen-bond acceptors (Lipinski definition) is 3. The summed E-state index contributed by atoms with van der Waals surface area (Å²) in [6.07, 6.45) is 2.68. The highest BCUT2D eigenvalue weighted by Gasteiger charge is 2.25. The van der Waals surface area contributed by atoms with Crippen LogP contribution >= 0.6 is 11.8 Å². The van der Waals surface area contributed by atoms with Gasteiger partial charge in [-0.2, -0.15) is 0 Å². The zero-order valence-corrected chi connectivity index (χ0v) is 13.1. The van der Waals surface area contributed by atoms with Crippen LogP contribution in [0.15, 0.2) is 52.3 Å². The Morgan fingerprint density at radius 1 is 1.00 bits per heavy atom. The lowest BCUT2D eigenvalue weighted by Gasteiger charge is -2.29. The molecule has 0 bridgehead atoms. The monoisotopic (exact) mass is 296 g/mol. The van der Waals surface area contributed by atoms with E-state index < -0.39 is 0 Å². The fourth-order valence-corrected chi connectivity index (χ4v) is 4.38. The van der Waals surface area contributed by atoms with Crippen molar-refractivity contribution in [1.82, 2.24) is 4.90 Å². The fourth-order valence-electron chi connectivity index (χ4n) is 3.35. The number of anilines is 2. The largest absolute Gasteiger partial charge is 0.353 e. The van der Waals surface area contributed by atoms with Crippen LogP contribution in [0.3, 0.4) is 0 Å². The molecule has 2 aromatic carbocycles. The number of rotatable bonds is 2. The molecule has 0 radical (unpaired) electrons. The molecule has 1 unspecified atom stereocenters. The molecular weight excluding hydrogens is 276 g/mol. The van der Waals surface area contributed by atoms with E-state index >= 15 is 0 Å². The van der Waals surface area contributed by atoms with Crippen molar-refractivity contribution in [3.63, 3.8) is 0 Å². The summed E-state index contributed by atoms with van der Waals surface area (Å²) in [6, 6.07) is 15.8. The van der Waals surface area contributed by atoms with E-state index in [9.17, 15) is 0 Å². The lowest BCUT2D eigenvalue weighted by molar-refractivity contribution is 0.263. The molecule has 1 atom stereocenters. The predicted octanol–water partition coefficient (Wildman–Crippen LogP) is 5.05. The summed E-state index contributed by atoms with van der Waals surface area (Å²) in [4.78, 5) is 5.26. The Balaban J connectivity index is 1.72. The van der Waals surface area contributed by atoms with E-state index in [0.29, 0.717) is 6.04 Å². The Hall–Kier alpha value is -1.45. The van der Waals surface area contributed by atoms with Crippen molar-refractivity contribution >= 4 is 23.1 Å². The van der Waals surface area contributed by atoms with Gasteiger partial charge in [0.2, 0.25) is 0 Å². The number of nitrogens with zero attached hydrogens (tertiary/aromatic N) is 1. The van der Waals surface area contributed by atoms with E-state index in [0.717, 1.165) is 0 Å². The van der Waals surface area contributed by atoms with Crippen LogP contribution in [0.4, 0.5) is 11.4 Å². The normalized spacial score (nSPS) is 18.7. The van der Waals surface area contributed by atoms with Gasteiger partial charge in [-0.1, -0.05) is 36.0 Å². The molecule has 2 aliphatic heterocycles. The van der Waals surface area contributed by atoms with Gasteiger partial charge in [0, 0.05) is 15.8 Å². The second-order valence-electron chi connectivity index (χ2n) is 5.86. The van der Waals surface area contributed by atoms with E-state index in [1.54, 1.807) is 0 Å². The third-order valence-electron chi connectivity index (χ3n) is 4.56. The smallest absolute Gasteiger partial charge is 0.0574 e. The molecule has 2 heterocycles. The van der Waals surface area contributed by atoms with Gasteiger partial charge in [0.05, 0.1) is 11.4 Å². The van der Waals surface area contributed by atoms with Crippen molar-refractivity contribution in [2.45, 2.75) is 35.6 Å². The molecule has 0 saturated carbocycles. The van der Waals surface area contributed by atoms with Crippen molar-refractivity contribution in [2.24, 2.45) is 0 Å². The van der Waals surface area contributed by atoms with Gasteiger partial charge in [0.1, 0.15) is 0 Å². The van der Waals surface area contributed by atoms with Gasteiger partial charge in [0.25, 0.3) is 0 Å². The van der Waals surface area contributed by atoms with Crippen LogP contribution in [0.1, 0.15) is 31.4 Å². The van der Waals surface area contributed by atoms with Crippen LogP contribution < -0.4 is 5.32 Å². The molecule has 2 aromatic rings. The van der Waals surface area contributed by atoms with Crippen LogP contribution in [0.25, 0.3) is 0 Å². The van der Waals surface area contributed by atoms with Crippen LogP contribution in [0.2, 0.25) is 0 Å². The van der Waals surface area contributed by atoms with Gasteiger partial charge < -0.3 is 5.32 Å². The highest BCUT2D eigenvalue weighted by atomic mass is 32.2. The van der Waals surface area contributed by atoms with Crippen molar-refractivity contribution in [3.05, 3.63) is 48.0 Å². The molecule has 21 heavy (non-hydrogen) atoms. The highest BCUT2D eigenvalue weighted by molar-refractivity contribution is 7.99. The highest BCUT2D eigenvalue weighted by Crippen LogP contribution is 2.47. The lowest BCUT2D eigenvalue weighted by atomic mass is 10.0. The predicted molar refractivity (Wildman–Crippen MR) is 89.5 cm³/mol. The minimum Gasteiger partial charge on any atom is -0.353 e. The molecule has 0 spiro atoms. The second-order valence-corrected chi connectivity index (χ2v) is 6.95. The average Bonchev–Trinajstić information content (AvgIpc) is 3.06. The van der Waals surface area contributed by atoms with E-state index in [1.165, 1.54) is 52.7 Å². The third-order valence-corrected chi connectivity index (χ3v) is 5.70. The van der Waals surface area contributed by atoms with E-state index in [4.69, 9.17) is 0 Å². The molecule has 1 N–H and O–H groups in total. The summed E-state index contributed by atoms with van der Waals surface area (Å²) in [7, 11) is 0. The number of hydrogen-bond donors (Lipinski definition) is 1. The second kappa shape index (κ2) is 5.39. The molecule has 1 saturated heterocycles. The van der Waals surface area contributed by atoms with Crippen molar-refractivity contribution in [2.75, 3.05) is 18.4 Å². The summed E-state index contributed by atoms with van der Waals surface area (Å²) in [6.45, 7) is 4.80. The van der Waals surface area contributed by atoms with Gasteiger partial charge in [-0.15, -0.1) is 0 Å². The summed E-state index contributed by atoms with van der Waals surface area (Å²) in [5.74, 6) is 0. The van der Waals surface area contributed by atoms with Crippen LogP contribution in [-0.2, 0) is 0 Å². The minimum absolute atomic E-state index is 0.487. The Bertz CT molecular complexity index is 662. The first kappa shape index (κ1) is 13.2. The molecule has 0 aliphatic carbocycles.